The summed E-state index contributed by atoms with van der Waals surface area (Å²) in [5, 5.41) is 0. The van der Waals surface area contributed by atoms with Crippen molar-refractivity contribution in [2.45, 2.75) is 58.4 Å². The zero-order valence-electron chi connectivity index (χ0n) is 11.3. The van der Waals surface area contributed by atoms with Crippen molar-refractivity contribution in [3.63, 3.8) is 0 Å². The molecule has 0 unspecified atom stereocenters. The first-order valence-electron chi connectivity index (χ1n) is 6.66. The molecule has 17 heavy (non-hydrogen) atoms. The van der Waals surface area contributed by atoms with E-state index >= 15 is 0 Å². The van der Waals surface area contributed by atoms with Gasteiger partial charge in [-0.3, -0.25) is 0 Å². The van der Waals surface area contributed by atoms with Crippen LogP contribution in [-0.2, 0) is 10.2 Å². The normalized spacial score (nSPS) is 19.1. The van der Waals surface area contributed by atoms with Crippen LogP contribution in [0.5, 0.6) is 0 Å². The van der Waals surface area contributed by atoms with Crippen molar-refractivity contribution in [2.75, 3.05) is 13.6 Å². The summed E-state index contributed by atoms with van der Waals surface area (Å²) in [6.07, 6.45) is 7.47. The molecule has 0 radical (unpaired) electrons. The Morgan fingerprint density at radius 2 is 1.82 bits per heavy atom. The van der Waals surface area contributed by atoms with Crippen LogP contribution < -0.4 is 4.72 Å². The number of hydrogen-bond donors (Lipinski definition) is 1. The van der Waals surface area contributed by atoms with Crippen LogP contribution in [0.25, 0.3) is 0 Å². The molecule has 0 heterocycles. The summed E-state index contributed by atoms with van der Waals surface area (Å²) in [5.74, 6) is 0.718. The molecule has 1 aliphatic rings. The van der Waals surface area contributed by atoms with Crippen LogP contribution in [-0.4, -0.2) is 32.4 Å². The second-order valence-corrected chi connectivity index (χ2v) is 7.12. The van der Waals surface area contributed by atoms with E-state index in [0.717, 1.165) is 12.3 Å². The van der Waals surface area contributed by atoms with Crippen LogP contribution >= 0.6 is 0 Å². The Kier molecular flexibility index (Phi) is 5.89. The Labute approximate surface area is 106 Å². The largest absolute Gasteiger partial charge is 0.279 e. The lowest BCUT2D eigenvalue weighted by molar-refractivity contribution is 0.337. The Morgan fingerprint density at radius 1 is 1.24 bits per heavy atom. The van der Waals surface area contributed by atoms with Crippen molar-refractivity contribution < 1.29 is 8.42 Å². The van der Waals surface area contributed by atoms with E-state index in [1.165, 1.54) is 36.4 Å². The molecule has 0 saturated heterocycles. The van der Waals surface area contributed by atoms with E-state index in [-0.39, 0.29) is 6.04 Å². The lowest BCUT2D eigenvalue weighted by Crippen LogP contribution is -2.42. The molecule has 0 atom stereocenters. The third-order valence-electron chi connectivity index (χ3n) is 3.67. The van der Waals surface area contributed by atoms with Crippen LogP contribution in [0.3, 0.4) is 0 Å². The average molecular weight is 262 g/mol. The van der Waals surface area contributed by atoms with Gasteiger partial charge < -0.3 is 0 Å². The molecule has 1 fully saturated rings. The fourth-order valence-corrected chi connectivity index (χ4v) is 3.38. The summed E-state index contributed by atoms with van der Waals surface area (Å²) in [5.41, 5.74) is 0. The van der Waals surface area contributed by atoms with Crippen molar-refractivity contribution in [2.24, 2.45) is 5.92 Å². The van der Waals surface area contributed by atoms with Gasteiger partial charge in [0, 0.05) is 19.6 Å². The molecule has 0 amide bonds. The van der Waals surface area contributed by atoms with Gasteiger partial charge in [0.05, 0.1) is 0 Å². The number of nitrogens with one attached hydrogen (secondary N) is 1. The van der Waals surface area contributed by atoms with Crippen LogP contribution in [0.15, 0.2) is 0 Å². The van der Waals surface area contributed by atoms with E-state index in [0.29, 0.717) is 6.54 Å². The SMILES string of the molecule is CC(C)N(C)S(=O)(=O)NCCC1CCCCC1. The molecule has 0 aromatic carbocycles. The number of rotatable bonds is 6. The highest BCUT2D eigenvalue weighted by Crippen LogP contribution is 2.25. The summed E-state index contributed by atoms with van der Waals surface area (Å²) >= 11 is 0. The maximum atomic E-state index is 11.8. The summed E-state index contributed by atoms with van der Waals surface area (Å²) in [6, 6.07) is 0.00202. The smallest absolute Gasteiger partial charge is 0.202 e. The molecule has 5 heteroatoms. The number of nitrogens with zero attached hydrogens (tertiary/aromatic N) is 1. The van der Waals surface area contributed by atoms with Crippen molar-refractivity contribution in [1.29, 1.82) is 0 Å². The van der Waals surface area contributed by atoms with Gasteiger partial charge in [-0.1, -0.05) is 32.1 Å². The monoisotopic (exact) mass is 262 g/mol. The number of hydrogen-bond acceptors (Lipinski definition) is 2. The fraction of sp³-hybridized carbons (Fsp3) is 1.00. The van der Waals surface area contributed by atoms with E-state index in [2.05, 4.69) is 4.72 Å². The van der Waals surface area contributed by atoms with Crippen LogP contribution in [0.2, 0.25) is 0 Å². The molecule has 4 nitrogen and oxygen atoms in total. The molecule has 1 aliphatic carbocycles. The van der Waals surface area contributed by atoms with E-state index < -0.39 is 10.2 Å². The molecule has 0 aliphatic heterocycles. The van der Waals surface area contributed by atoms with Crippen LogP contribution in [0.1, 0.15) is 52.4 Å². The zero-order chi connectivity index (χ0) is 12.9. The van der Waals surface area contributed by atoms with Gasteiger partial charge in [0.15, 0.2) is 0 Å². The second kappa shape index (κ2) is 6.71. The van der Waals surface area contributed by atoms with E-state index in [1.807, 2.05) is 13.8 Å². The van der Waals surface area contributed by atoms with Crippen molar-refractivity contribution in [1.82, 2.24) is 9.03 Å². The topological polar surface area (TPSA) is 49.4 Å². The van der Waals surface area contributed by atoms with Crippen LogP contribution in [0, 0.1) is 5.92 Å². The van der Waals surface area contributed by atoms with Crippen molar-refractivity contribution >= 4 is 10.2 Å². The molecule has 1 N–H and O–H groups in total. The van der Waals surface area contributed by atoms with Gasteiger partial charge in [-0.15, -0.1) is 0 Å². The van der Waals surface area contributed by atoms with Gasteiger partial charge in [-0.25, -0.2) is 4.72 Å². The Morgan fingerprint density at radius 3 is 2.35 bits per heavy atom. The molecule has 0 spiro atoms. The molecule has 0 bridgehead atoms. The Hall–Kier alpha value is -0.130. The lowest BCUT2D eigenvalue weighted by Gasteiger charge is -2.24. The average Bonchev–Trinajstić information content (AvgIpc) is 2.29. The molecule has 1 saturated carbocycles. The quantitative estimate of drug-likeness (QED) is 0.797. The molecule has 0 aromatic heterocycles. The highest BCUT2D eigenvalue weighted by molar-refractivity contribution is 7.87. The molecular formula is C12H26N2O2S. The molecule has 102 valence electrons. The second-order valence-electron chi connectivity index (χ2n) is 5.30. The summed E-state index contributed by atoms with van der Waals surface area (Å²) in [4.78, 5) is 0. The van der Waals surface area contributed by atoms with Gasteiger partial charge >= 0.3 is 0 Å². The third-order valence-corrected chi connectivity index (χ3v) is 5.42. The fourth-order valence-electron chi connectivity index (χ4n) is 2.25. The van der Waals surface area contributed by atoms with Gasteiger partial charge in [0.1, 0.15) is 0 Å². The van der Waals surface area contributed by atoms with Gasteiger partial charge in [-0.05, 0) is 26.2 Å². The molecular weight excluding hydrogens is 236 g/mol. The Balaban J connectivity index is 2.29. The minimum Gasteiger partial charge on any atom is -0.202 e. The van der Waals surface area contributed by atoms with Gasteiger partial charge in [-0.2, -0.15) is 12.7 Å². The summed E-state index contributed by atoms with van der Waals surface area (Å²) in [6.45, 7) is 4.32. The van der Waals surface area contributed by atoms with Crippen molar-refractivity contribution in [3.05, 3.63) is 0 Å². The highest BCUT2D eigenvalue weighted by Gasteiger charge is 2.20. The minimum atomic E-state index is -3.28. The van der Waals surface area contributed by atoms with Gasteiger partial charge in [0.25, 0.3) is 10.2 Å². The Bertz CT molecular complexity index is 308. The highest BCUT2D eigenvalue weighted by atomic mass is 32.2. The standard InChI is InChI=1S/C12H26N2O2S/c1-11(2)14(3)17(15,16)13-10-9-12-7-5-4-6-8-12/h11-13H,4-10H2,1-3H3. The summed E-state index contributed by atoms with van der Waals surface area (Å²) < 4.78 is 27.7. The maximum Gasteiger partial charge on any atom is 0.279 e. The van der Waals surface area contributed by atoms with Gasteiger partial charge in [0.2, 0.25) is 0 Å². The minimum absolute atomic E-state index is 0.00202. The van der Waals surface area contributed by atoms with E-state index in [1.54, 1.807) is 7.05 Å². The third kappa shape index (κ3) is 4.94. The molecule has 0 aromatic rings. The first kappa shape index (κ1) is 14.9. The molecule has 1 rings (SSSR count). The van der Waals surface area contributed by atoms with E-state index in [4.69, 9.17) is 0 Å². The maximum absolute atomic E-state index is 11.8. The first-order valence-corrected chi connectivity index (χ1v) is 8.10. The lowest BCUT2D eigenvalue weighted by atomic mass is 9.87. The predicted octanol–water partition coefficient (Wildman–Crippen LogP) is 2.13. The van der Waals surface area contributed by atoms with Crippen molar-refractivity contribution in [3.8, 4) is 0 Å². The first-order chi connectivity index (χ1) is 7.93. The van der Waals surface area contributed by atoms with E-state index in [9.17, 15) is 8.42 Å². The summed E-state index contributed by atoms with van der Waals surface area (Å²) in [7, 11) is -1.66. The zero-order valence-corrected chi connectivity index (χ0v) is 12.1. The predicted molar refractivity (Wildman–Crippen MR) is 71.0 cm³/mol. The van der Waals surface area contributed by atoms with Crippen LogP contribution in [0.4, 0.5) is 0 Å².